The predicted octanol–water partition coefficient (Wildman–Crippen LogP) is 4.83. The summed E-state index contributed by atoms with van der Waals surface area (Å²) in [4.78, 5) is 0. The van der Waals surface area contributed by atoms with Crippen LogP contribution in [0.5, 0.6) is 0 Å². The summed E-state index contributed by atoms with van der Waals surface area (Å²) < 4.78 is 33.7. The summed E-state index contributed by atoms with van der Waals surface area (Å²) in [5, 5.41) is 0.651. The van der Waals surface area contributed by atoms with Crippen molar-refractivity contribution in [2.45, 2.75) is 13.0 Å². The monoisotopic (exact) mass is 351 g/mol. The number of furan rings is 1. The van der Waals surface area contributed by atoms with Crippen LogP contribution in [0.25, 0.3) is 11.0 Å². The molecule has 1 unspecified atom stereocenters. The molecule has 1 atom stereocenters. The van der Waals surface area contributed by atoms with Crippen LogP contribution in [0.15, 0.2) is 45.3 Å². The topological polar surface area (TPSA) is 39.2 Å². The van der Waals surface area contributed by atoms with E-state index in [0.717, 1.165) is 5.56 Å². The normalized spacial score (nSPS) is 12.8. The van der Waals surface area contributed by atoms with E-state index >= 15 is 0 Å². The third-order valence-corrected chi connectivity index (χ3v) is 4.01. The second kappa shape index (κ2) is 5.24. The van der Waals surface area contributed by atoms with E-state index in [1.807, 2.05) is 0 Å². The molecule has 3 rings (SSSR count). The van der Waals surface area contributed by atoms with E-state index in [4.69, 9.17) is 10.2 Å². The van der Waals surface area contributed by atoms with Gasteiger partial charge in [-0.05, 0) is 37.3 Å². The lowest BCUT2D eigenvalue weighted by Gasteiger charge is -2.11. The maximum Gasteiger partial charge on any atom is 0.134 e. The minimum atomic E-state index is -0.742. The molecule has 0 radical (unpaired) electrons. The maximum atomic E-state index is 14.0. The lowest BCUT2D eigenvalue weighted by molar-refractivity contribution is 0.506. The lowest BCUT2D eigenvalue weighted by Crippen LogP contribution is -2.13. The Morgan fingerprint density at radius 1 is 1.14 bits per heavy atom. The molecule has 1 heterocycles. The van der Waals surface area contributed by atoms with Gasteiger partial charge in [0.2, 0.25) is 0 Å². The Morgan fingerprint density at radius 2 is 1.90 bits per heavy atom. The molecule has 0 amide bonds. The number of rotatable bonds is 2. The molecule has 21 heavy (non-hydrogen) atoms. The van der Waals surface area contributed by atoms with E-state index in [2.05, 4.69) is 15.9 Å². The summed E-state index contributed by atoms with van der Waals surface area (Å²) >= 11 is 3.21. The number of aryl methyl sites for hydroxylation is 1. The number of nitrogens with two attached hydrogens (primary N) is 1. The van der Waals surface area contributed by atoms with Crippen molar-refractivity contribution >= 4 is 26.9 Å². The first-order valence-corrected chi connectivity index (χ1v) is 7.15. The molecule has 0 saturated heterocycles. The van der Waals surface area contributed by atoms with E-state index in [9.17, 15) is 8.78 Å². The van der Waals surface area contributed by atoms with Gasteiger partial charge < -0.3 is 10.2 Å². The van der Waals surface area contributed by atoms with E-state index in [1.165, 1.54) is 18.2 Å². The summed E-state index contributed by atoms with van der Waals surface area (Å²) in [5.41, 5.74) is 7.72. The van der Waals surface area contributed by atoms with Gasteiger partial charge in [0, 0.05) is 21.0 Å². The van der Waals surface area contributed by atoms with Crippen molar-refractivity contribution in [2.24, 2.45) is 5.73 Å². The van der Waals surface area contributed by atoms with Crippen molar-refractivity contribution in [1.29, 1.82) is 0 Å². The van der Waals surface area contributed by atoms with Gasteiger partial charge in [-0.3, -0.25) is 0 Å². The van der Waals surface area contributed by atoms with Crippen LogP contribution >= 0.6 is 15.9 Å². The van der Waals surface area contributed by atoms with Gasteiger partial charge in [0.05, 0.1) is 6.04 Å². The van der Waals surface area contributed by atoms with E-state index < -0.39 is 11.9 Å². The highest BCUT2D eigenvalue weighted by Crippen LogP contribution is 2.33. The van der Waals surface area contributed by atoms with Gasteiger partial charge in [-0.15, -0.1) is 0 Å². The first-order valence-electron chi connectivity index (χ1n) is 6.36. The maximum absolute atomic E-state index is 14.0. The van der Waals surface area contributed by atoms with E-state index in [-0.39, 0.29) is 5.82 Å². The molecule has 0 aliphatic rings. The highest BCUT2D eigenvalue weighted by molar-refractivity contribution is 9.10. The van der Waals surface area contributed by atoms with Crippen LogP contribution in [-0.4, -0.2) is 0 Å². The zero-order chi connectivity index (χ0) is 15.1. The van der Waals surface area contributed by atoms with Crippen molar-refractivity contribution in [2.75, 3.05) is 0 Å². The van der Waals surface area contributed by atoms with Crippen molar-refractivity contribution in [3.8, 4) is 0 Å². The summed E-state index contributed by atoms with van der Waals surface area (Å²) in [6, 6.07) is 8.20. The van der Waals surface area contributed by atoms with E-state index in [0.29, 0.717) is 26.8 Å². The van der Waals surface area contributed by atoms with Crippen LogP contribution in [0.2, 0.25) is 0 Å². The second-order valence-electron chi connectivity index (χ2n) is 4.88. The average Bonchev–Trinajstić information content (AvgIpc) is 2.75. The van der Waals surface area contributed by atoms with Crippen LogP contribution in [0, 0.1) is 18.6 Å². The molecule has 3 aromatic rings. The number of halogens is 3. The summed E-state index contributed by atoms with van der Waals surface area (Å²) in [7, 11) is 0. The Labute approximate surface area is 128 Å². The molecule has 0 fully saturated rings. The summed E-state index contributed by atoms with van der Waals surface area (Å²) in [6.07, 6.45) is 0. The molecule has 0 bridgehead atoms. The fraction of sp³-hybridized carbons (Fsp3) is 0.125. The SMILES string of the molecule is Cc1c(C(N)c2ccc(Br)cc2F)oc2ccc(F)cc12. The predicted molar refractivity (Wildman–Crippen MR) is 81.0 cm³/mol. The first-order chi connectivity index (χ1) is 9.97. The van der Waals surface area contributed by atoms with Crippen molar-refractivity contribution in [1.82, 2.24) is 0 Å². The Kier molecular flexibility index (Phi) is 3.55. The average molecular weight is 352 g/mol. The summed E-state index contributed by atoms with van der Waals surface area (Å²) in [5.74, 6) is -0.318. The number of fused-ring (bicyclic) bond motifs is 1. The number of hydrogen-bond donors (Lipinski definition) is 1. The lowest BCUT2D eigenvalue weighted by atomic mass is 10.0. The molecule has 5 heteroatoms. The molecular weight excluding hydrogens is 340 g/mol. The third-order valence-electron chi connectivity index (χ3n) is 3.52. The van der Waals surface area contributed by atoms with Crippen LogP contribution in [0.3, 0.4) is 0 Å². The van der Waals surface area contributed by atoms with Crippen LogP contribution in [-0.2, 0) is 0 Å². The molecule has 1 aromatic heterocycles. The van der Waals surface area contributed by atoms with Gasteiger partial charge in [0.25, 0.3) is 0 Å². The molecule has 2 aromatic carbocycles. The molecule has 108 valence electrons. The van der Waals surface area contributed by atoms with Gasteiger partial charge in [-0.2, -0.15) is 0 Å². The first kappa shape index (κ1) is 14.2. The highest BCUT2D eigenvalue weighted by atomic mass is 79.9. The molecule has 2 nitrogen and oxygen atoms in total. The zero-order valence-corrected chi connectivity index (χ0v) is 12.7. The third kappa shape index (κ3) is 2.47. The number of hydrogen-bond acceptors (Lipinski definition) is 2. The fourth-order valence-corrected chi connectivity index (χ4v) is 2.74. The Bertz CT molecular complexity index is 829. The zero-order valence-electron chi connectivity index (χ0n) is 11.2. The fourth-order valence-electron chi connectivity index (χ4n) is 2.40. The Morgan fingerprint density at radius 3 is 2.62 bits per heavy atom. The summed E-state index contributed by atoms with van der Waals surface area (Å²) in [6.45, 7) is 1.79. The molecule has 0 saturated carbocycles. The van der Waals surface area contributed by atoms with Crippen molar-refractivity contribution < 1.29 is 13.2 Å². The highest BCUT2D eigenvalue weighted by Gasteiger charge is 2.21. The van der Waals surface area contributed by atoms with Crippen molar-refractivity contribution in [3.05, 3.63) is 69.4 Å². The second-order valence-corrected chi connectivity index (χ2v) is 5.79. The van der Waals surface area contributed by atoms with Gasteiger partial charge in [-0.25, -0.2) is 8.78 Å². The van der Waals surface area contributed by atoms with Gasteiger partial charge in [0.15, 0.2) is 0 Å². The van der Waals surface area contributed by atoms with Crippen LogP contribution < -0.4 is 5.73 Å². The van der Waals surface area contributed by atoms with Crippen LogP contribution in [0.1, 0.15) is 22.9 Å². The van der Waals surface area contributed by atoms with Crippen molar-refractivity contribution in [3.63, 3.8) is 0 Å². The molecule has 0 aliphatic heterocycles. The van der Waals surface area contributed by atoms with E-state index in [1.54, 1.807) is 25.1 Å². The largest absolute Gasteiger partial charge is 0.459 e. The minimum Gasteiger partial charge on any atom is -0.459 e. The standard InChI is InChI=1S/C16H12BrF2NO/c1-8-12-7-10(18)3-5-14(12)21-16(8)15(20)11-4-2-9(17)6-13(11)19/h2-7,15H,20H2,1H3. The Hall–Kier alpha value is -1.72. The Balaban J connectivity index is 2.13. The molecule has 2 N–H and O–H groups in total. The quantitative estimate of drug-likeness (QED) is 0.718. The van der Waals surface area contributed by atoms with Gasteiger partial charge in [0.1, 0.15) is 23.0 Å². The number of benzene rings is 2. The van der Waals surface area contributed by atoms with Gasteiger partial charge in [-0.1, -0.05) is 22.0 Å². The van der Waals surface area contributed by atoms with Crippen LogP contribution in [0.4, 0.5) is 8.78 Å². The van der Waals surface area contributed by atoms with Gasteiger partial charge >= 0.3 is 0 Å². The minimum absolute atomic E-state index is 0.334. The smallest absolute Gasteiger partial charge is 0.134 e. The molecule has 0 spiro atoms. The molecule has 0 aliphatic carbocycles. The molecular formula is C16H12BrF2NO.